The molecule has 0 amide bonds. The number of aromatic carboxylic acids is 3. The number of rotatable bonds is 3. The fourth-order valence-corrected chi connectivity index (χ4v) is 2.07. The largest absolute Gasteiger partial charge is 3.00 e. The molecule has 0 bridgehead atoms. The molecule has 0 aromatic heterocycles. The second kappa shape index (κ2) is 14.4. The second-order valence-electron chi connectivity index (χ2n) is 6.46. The van der Waals surface area contributed by atoms with Gasteiger partial charge in [-0.05, 0) is 37.5 Å². The van der Waals surface area contributed by atoms with Gasteiger partial charge in [0, 0.05) is 0 Å². The minimum atomic E-state index is -1.12. The molecule has 161 valence electrons. The molecule has 31 heavy (non-hydrogen) atoms. The van der Waals surface area contributed by atoms with Crippen LogP contribution in [0.5, 0.6) is 0 Å². The Morgan fingerprint density at radius 1 is 0.452 bits per heavy atom. The maximum absolute atomic E-state index is 10.2. The smallest absolute Gasteiger partial charge is 0.545 e. The molecular weight excluding hydrogens is 542 g/mol. The summed E-state index contributed by atoms with van der Waals surface area (Å²) in [6.07, 6.45) is 0. The first-order valence-electron chi connectivity index (χ1n) is 8.94. The third-order valence-electron chi connectivity index (χ3n) is 3.86. The molecule has 0 saturated carbocycles. The van der Waals surface area contributed by atoms with Crippen molar-refractivity contribution in [1.82, 2.24) is 0 Å². The van der Waals surface area contributed by atoms with Crippen LogP contribution in [0.3, 0.4) is 0 Å². The molecule has 0 fully saturated rings. The van der Waals surface area contributed by atoms with E-state index < -0.39 is 17.9 Å². The molecule has 0 spiro atoms. The van der Waals surface area contributed by atoms with Gasteiger partial charge in [0.15, 0.2) is 0 Å². The zero-order valence-corrected chi connectivity index (χ0v) is 19.5. The summed E-state index contributed by atoms with van der Waals surface area (Å²) in [5.41, 5.74) is 3.82. The number of aryl methyl sites for hydroxylation is 3. The third-order valence-corrected chi connectivity index (χ3v) is 3.86. The number of carboxylic acids is 3. The number of carboxylic acid groups (broad SMARTS) is 3. The molecule has 3 rings (SSSR count). The SMILES string of the molecule is Cc1ccc(C(=O)[O-])cc1.Cc1ccc(C(=O)[O-])cc1.Cc1ccc(C(=O)[O-])cc1.[Gd+3]. The van der Waals surface area contributed by atoms with E-state index in [9.17, 15) is 29.7 Å². The molecule has 7 heteroatoms. The first-order chi connectivity index (χ1) is 14.1. The van der Waals surface area contributed by atoms with Crippen molar-refractivity contribution < 1.29 is 69.6 Å². The predicted molar refractivity (Wildman–Crippen MR) is 107 cm³/mol. The predicted octanol–water partition coefficient (Wildman–Crippen LogP) is 1.08. The number of hydrogen-bond acceptors (Lipinski definition) is 6. The van der Waals surface area contributed by atoms with Gasteiger partial charge in [0.05, 0.1) is 17.9 Å². The van der Waals surface area contributed by atoms with Crippen LogP contribution in [0, 0.1) is 60.7 Å². The molecule has 3 aromatic rings. The number of carbonyl (C=O) groups excluding carboxylic acids is 3. The quantitative estimate of drug-likeness (QED) is 0.471. The normalized spacial score (nSPS) is 9.00. The van der Waals surface area contributed by atoms with Crippen LogP contribution < -0.4 is 15.3 Å². The van der Waals surface area contributed by atoms with Gasteiger partial charge in [0.25, 0.3) is 0 Å². The van der Waals surface area contributed by atoms with Gasteiger partial charge < -0.3 is 29.7 Å². The van der Waals surface area contributed by atoms with Crippen LogP contribution >= 0.6 is 0 Å². The Morgan fingerprint density at radius 2 is 0.613 bits per heavy atom. The van der Waals surface area contributed by atoms with E-state index in [-0.39, 0.29) is 56.6 Å². The van der Waals surface area contributed by atoms with Crippen LogP contribution in [-0.2, 0) is 0 Å². The molecule has 1 radical (unpaired) electrons. The summed E-state index contributed by atoms with van der Waals surface area (Å²) in [7, 11) is 0. The van der Waals surface area contributed by atoms with Crippen LogP contribution in [0.15, 0.2) is 72.8 Å². The Bertz CT molecular complexity index is 846. The number of carbonyl (C=O) groups is 3. The molecule has 6 nitrogen and oxygen atoms in total. The fraction of sp³-hybridized carbons (Fsp3) is 0.125. The Kier molecular flexibility index (Phi) is 13.2. The maximum atomic E-state index is 10.2. The monoisotopic (exact) mass is 563 g/mol. The van der Waals surface area contributed by atoms with Crippen LogP contribution in [0.2, 0.25) is 0 Å². The topological polar surface area (TPSA) is 120 Å². The fourth-order valence-electron chi connectivity index (χ4n) is 2.07. The molecule has 0 aliphatic carbocycles. The van der Waals surface area contributed by atoms with E-state index in [1.165, 1.54) is 36.4 Å². The van der Waals surface area contributed by atoms with Crippen molar-refractivity contribution in [3.63, 3.8) is 0 Å². The summed E-state index contributed by atoms with van der Waals surface area (Å²) >= 11 is 0. The molecule has 0 heterocycles. The van der Waals surface area contributed by atoms with Gasteiger partial charge in [-0.3, -0.25) is 0 Å². The van der Waals surface area contributed by atoms with E-state index in [1.54, 1.807) is 36.4 Å². The first kappa shape index (κ1) is 28.4. The van der Waals surface area contributed by atoms with Crippen LogP contribution in [0.25, 0.3) is 0 Å². The van der Waals surface area contributed by atoms with Crippen molar-refractivity contribution in [1.29, 1.82) is 0 Å². The summed E-state index contributed by atoms with van der Waals surface area (Å²) in [5, 5.41) is 30.6. The minimum Gasteiger partial charge on any atom is -0.545 e. The van der Waals surface area contributed by atoms with Crippen molar-refractivity contribution in [3.8, 4) is 0 Å². The van der Waals surface area contributed by atoms with Gasteiger partial charge in [0.1, 0.15) is 0 Å². The third kappa shape index (κ3) is 11.4. The molecule has 0 aliphatic rings. The van der Waals surface area contributed by atoms with Crippen molar-refractivity contribution in [3.05, 3.63) is 106 Å². The first-order valence-corrected chi connectivity index (χ1v) is 8.94. The average molecular weight is 563 g/mol. The van der Waals surface area contributed by atoms with E-state index >= 15 is 0 Å². The second-order valence-corrected chi connectivity index (χ2v) is 6.46. The van der Waals surface area contributed by atoms with E-state index in [4.69, 9.17) is 0 Å². The molecule has 3 aromatic carbocycles. The van der Waals surface area contributed by atoms with E-state index in [2.05, 4.69) is 0 Å². The van der Waals surface area contributed by atoms with Crippen LogP contribution in [0.1, 0.15) is 47.8 Å². The maximum Gasteiger partial charge on any atom is 3.00 e. The molecule has 0 aliphatic heterocycles. The van der Waals surface area contributed by atoms with Gasteiger partial charge in [0.2, 0.25) is 0 Å². The molecule has 0 atom stereocenters. The van der Waals surface area contributed by atoms with Crippen molar-refractivity contribution >= 4 is 17.9 Å². The summed E-state index contributed by atoms with van der Waals surface area (Å²) < 4.78 is 0. The zero-order valence-electron chi connectivity index (χ0n) is 17.2. The Morgan fingerprint density at radius 3 is 0.742 bits per heavy atom. The van der Waals surface area contributed by atoms with Gasteiger partial charge in [-0.25, -0.2) is 0 Å². The van der Waals surface area contributed by atoms with E-state index in [0.29, 0.717) is 0 Å². The average Bonchev–Trinajstić information content (AvgIpc) is 2.70. The van der Waals surface area contributed by atoms with E-state index in [1.807, 2.05) is 20.8 Å². The van der Waals surface area contributed by atoms with Crippen molar-refractivity contribution in [2.45, 2.75) is 20.8 Å². The zero-order chi connectivity index (χ0) is 22.7. The standard InChI is InChI=1S/3C8H8O2.Gd/c3*1-6-2-4-7(5-3-6)8(9)10;/h3*2-5H,1H3,(H,9,10);/q;;;+3/p-3. The summed E-state index contributed by atoms with van der Waals surface area (Å²) in [5.74, 6) is -3.37. The Balaban J connectivity index is 0.000000429. The Labute approximate surface area is 213 Å². The Hall–Kier alpha value is -2.61. The van der Waals surface area contributed by atoms with Crippen LogP contribution in [-0.4, -0.2) is 17.9 Å². The van der Waals surface area contributed by atoms with Crippen LogP contribution in [0.4, 0.5) is 0 Å². The number of benzene rings is 3. The van der Waals surface area contributed by atoms with E-state index in [0.717, 1.165) is 16.7 Å². The van der Waals surface area contributed by atoms with Crippen molar-refractivity contribution in [2.75, 3.05) is 0 Å². The van der Waals surface area contributed by atoms with Gasteiger partial charge in [-0.1, -0.05) is 89.5 Å². The van der Waals surface area contributed by atoms with Gasteiger partial charge >= 0.3 is 39.9 Å². The molecule has 0 unspecified atom stereocenters. The minimum absolute atomic E-state index is 0. The van der Waals surface area contributed by atoms with Crippen molar-refractivity contribution in [2.24, 2.45) is 0 Å². The molecular formula is C24H21GdO6. The summed E-state index contributed by atoms with van der Waals surface area (Å²) in [6, 6.07) is 19.6. The summed E-state index contributed by atoms with van der Waals surface area (Å²) in [6.45, 7) is 5.71. The number of hydrogen-bond donors (Lipinski definition) is 0. The molecule has 0 saturated heterocycles. The van der Waals surface area contributed by atoms with Gasteiger partial charge in [-0.15, -0.1) is 0 Å². The van der Waals surface area contributed by atoms with Gasteiger partial charge in [-0.2, -0.15) is 0 Å². The summed E-state index contributed by atoms with van der Waals surface area (Å²) in [4.78, 5) is 30.6. The molecule has 0 N–H and O–H groups in total.